The molecule has 0 amide bonds. The molecule has 1 aromatic carbocycles. The zero-order valence-corrected chi connectivity index (χ0v) is 10.5. The Kier molecular flexibility index (Phi) is 2.69. The summed E-state index contributed by atoms with van der Waals surface area (Å²) >= 11 is 6.53. The van der Waals surface area contributed by atoms with Gasteiger partial charge in [-0.3, -0.25) is 0 Å². The van der Waals surface area contributed by atoms with Crippen LogP contribution >= 0.6 is 31.9 Å². The molecule has 0 aliphatic rings. The van der Waals surface area contributed by atoms with Crippen LogP contribution in [0.2, 0.25) is 0 Å². The van der Waals surface area contributed by atoms with Crippen molar-refractivity contribution in [2.24, 2.45) is 0 Å². The average molecular weight is 318 g/mol. The Bertz CT molecular complexity index is 447. The van der Waals surface area contributed by atoms with Gasteiger partial charge in [0.1, 0.15) is 0 Å². The first-order valence-corrected chi connectivity index (χ1v) is 5.50. The molecule has 1 aromatic heterocycles. The van der Waals surface area contributed by atoms with Gasteiger partial charge in [0.2, 0.25) is 5.89 Å². The van der Waals surface area contributed by atoms with Crippen molar-refractivity contribution in [1.29, 1.82) is 0 Å². The van der Waals surface area contributed by atoms with Crippen LogP contribution in [0, 0.1) is 6.92 Å². The van der Waals surface area contributed by atoms with Crippen LogP contribution in [0.25, 0.3) is 11.5 Å². The Morgan fingerprint density at radius 2 is 1.93 bits per heavy atom. The summed E-state index contributed by atoms with van der Waals surface area (Å²) in [5.41, 5.74) is 2.05. The molecule has 0 N–H and O–H groups in total. The van der Waals surface area contributed by atoms with E-state index in [2.05, 4.69) is 42.1 Å². The normalized spacial score (nSPS) is 10.5. The van der Waals surface area contributed by atoms with E-state index in [1.165, 1.54) is 0 Å². The summed E-state index contributed by atoms with van der Waals surface area (Å²) in [4.78, 5) is 0.394. The molecule has 0 atom stereocenters. The molecule has 0 spiro atoms. The number of aryl methyl sites for hydroxylation is 1. The first-order chi connectivity index (χ1) is 6.65. The van der Waals surface area contributed by atoms with Crippen LogP contribution in [-0.4, -0.2) is 10.2 Å². The molecule has 3 nitrogen and oxygen atoms in total. The van der Waals surface area contributed by atoms with Crippen molar-refractivity contribution >= 4 is 31.9 Å². The molecular formula is C9H6Br2N2O. The fourth-order valence-corrected chi connectivity index (χ4v) is 2.02. The lowest BCUT2D eigenvalue weighted by Crippen LogP contribution is -1.80. The van der Waals surface area contributed by atoms with Crippen molar-refractivity contribution in [1.82, 2.24) is 10.2 Å². The van der Waals surface area contributed by atoms with Crippen molar-refractivity contribution in [2.45, 2.75) is 6.92 Å². The lowest BCUT2D eigenvalue weighted by Gasteiger charge is -1.98. The monoisotopic (exact) mass is 316 g/mol. The minimum atomic E-state index is 0.394. The molecule has 0 unspecified atom stereocenters. The number of rotatable bonds is 1. The van der Waals surface area contributed by atoms with E-state index in [0.29, 0.717) is 10.7 Å². The van der Waals surface area contributed by atoms with Gasteiger partial charge in [0.25, 0.3) is 4.80 Å². The maximum absolute atomic E-state index is 5.25. The highest BCUT2D eigenvalue weighted by Crippen LogP contribution is 2.24. The molecule has 5 heteroatoms. The smallest absolute Gasteiger partial charge is 0.285 e. The van der Waals surface area contributed by atoms with Gasteiger partial charge in [-0.2, -0.15) is 0 Å². The SMILES string of the molecule is Cc1cc(Br)cc(-c2nnc(Br)o2)c1. The Labute approximate surface area is 97.8 Å². The molecule has 1 heterocycles. The molecule has 0 bridgehead atoms. The van der Waals surface area contributed by atoms with Gasteiger partial charge in [0, 0.05) is 26.0 Å². The van der Waals surface area contributed by atoms with Gasteiger partial charge in [-0.15, -0.1) is 10.2 Å². The highest BCUT2D eigenvalue weighted by Gasteiger charge is 2.07. The van der Waals surface area contributed by atoms with Crippen molar-refractivity contribution < 1.29 is 4.42 Å². The quantitative estimate of drug-likeness (QED) is 0.807. The fourth-order valence-electron chi connectivity index (χ4n) is 1.18. The van der Waals surface area contributed by atoms with Crippen molar-refractivity contribution in [3.05, 3.63) is 33.0 Å². The van der Waals surface area contributed by atoms with Crippen molar-refractivity contribution in [2.75, 3.05) is 0 Å². The topological polar surface area (TPSA) is 38.9 Å². The maximum Gasteiger partial charge on any atom is 0.285 e. The molecule has 2 rings (SSSR count). The molecule has 0 saturated heterocycles. The molecule has 0 aliphatic carbocycles. The molecule has 0 aliphatic heterocycles. The van der Waals surface area contributed by atoms with Crippen LogP contribution < -0.4 is 0 Å². The number of hydrogen-bond acceptors (Lipinski definition) is 3. The average Bonchev–Trinajstić information content (AvgIpc) is 2.50. The first-order valence-electron chi connectivity index (χ1n) is 3.92. The first kappa shape index (κ1) is 9.86. The predicted molar refractivity (Wildman–Crippen MR) is 59.9 cm³/mol. The highest BCUT2D eigenvalue weighted by molar-refractivity contribution is 9.10. The minimum absolute atomic E-state index is 0.394. The van der Waals surface area contributed by atoms with Crippen LogP contribution in [0.15, 0.2) is 31.9 Å². The van der Waals surface area contributed by atoms with Crippen LogP contribution in [-0.2, 0) is 0 Å². The Balaban J connectivity index is 2.51. The second-order valence-electron chi connectivity index (χ2n) is 2.88. The molecule has 14 heavy (non-hydrogen) atoms. The van der Waals surface area contributed by atoms with E-state index in [1.54, 1.807) is 0 Å². The zero-order chi connectivity index (χ0) is 10.1. The molecule has 0 radical (unpaired) electrons. The summed E-state index contributed by atoms with van der Waals surface area (Å²) in [7, 11) is 0. The van der Waals surface area contributed by atoms with Crippen LogP contribution in [0.3, 0.4) is 0 Å². The van der Waals surface area contributed by atoms with Gasteiger partial charge in [-0.05, 0) is 30.7 Å². The summed E-state index contributed by atoms with van der Waals surface area (Å²) in [5, 5.41) is 7.62. The van der Waals surface area contributed by atoms with E-state index >= 15 is 0 Å². The van der Waals surface area contributed by atoms with Gasteiger partial charge in [0.15, 0.2) is 0 Å². The molecular weight excluding hydrogens is 312 g/mol. The Morgan fingerprint density at radius 3 is 2.50 bits per heavy atom. The largest absolute Gasteiger partial charge is 0.411 e. The van der Waals surface area contributed by atoms with Gasteiger partial charge < -0.3 is 4.42 Å². The van der Waals surface area contributed by atoms with Gasteiger partial charge in [0.05, 0.1) is 0 Å². The zero-order valence-electron chi connectivity index (χ0n) is 7.29. The van der Waals surface area contributed by atoms with Crippen LogP contribution in [0.5, 0.6) is 0 Å². The van der Waals surface area contributed by atoms with E-state index < -0.39 is 0 Å². The third-order valence-corrected chi connectivity index (χ3v) is 2.47. The summed E-state index contributed by atoms with van der Waals surface area (Å²) in [6.45, 7) is 2.01. The maximum atomic E-state index is 5.25. The number of nitrogens with zero attached hydrogens (tertiary/aromatic N) is 2. The van der Waals surface area contributed by atoms with Gasteiger partial charge in [-0.1, -0.05) is 15.9 Å². The molecule has 0 fully saturated rings. The second-order valence-corrected chi connectivity index (χ2v) is 4.47. The summed E-state index contributed by atoms with van der Waals surface area (Å²) in [6.07, 6.45) is 0. The van der Waals surface area contributed by atoms with Gasteiger partial charge >= 0.3 is 0 Å². The summed E-state index contributed by atoms with van der Waals surface area (Å²) in [6, 6.07) is 5.95. The highest BCUT2D eigenvalue weighted by atomic mass is 79.9. The van der Waals surface area contributed by atoms with E-state index in [1.807, 2.05) is 25.1 Å². The number of benzene rings is 1. The molecule has 72 valence electrons. The Morgan fingerprint density at radius 1 is 1.14 bits per heavy atom. The standard InChI is InChI=1S/C9H6Br2N2O/c1-5-2-6(4-7(10)3-5)8-12-13-9(11)14-8/h2-4H,1H3. The summed E-state index contributed by atoms with van der Waals surface area (Å²) < 4.78 is 6.25. The Hall–Kier alpha value is -0.680. The minimum Gasteiger partial charge on any atom is -0.411 e. The third-order valence-electron chi connectivity index (χ3n) is 1.69. The second kappa shape index (κ2) is 3.82. The van der Waals surface area contributed by atoms with E-state index in [9.17, 15) is 0 Å². The van der Waals surface area contributed by atoms with E-state index in [0.717, 1.165) is 15.6 Å². The number of halogens is 2. The lowest BCUT2D eigenvalue weighted by molar-refractivity contribution is 0.540. The molecule has 2 aromatic rings. The fraction of sp³-hybridized carbons (Fsp3) is 0.111. The van der Waals surface area contributed by atoms with E-state index in [-0.39, 0.29) is 0 Å². The van der Waals surface area contributed by atoms with Crippen LogP contribution in [0.4, 0.5) is 0 Å². The number of aromatic nitrogens is 2. The summed E-state index contributed by atoms with van der Waals surface area (Å²) in [5.74, 6) is 0.515. The van der Waals surface area contributed by atoms with Gasteiger partial charge in [-0.25, -0.2) is 0 Å². The van der Waals surface area contributed by atoms with Crippen LogP contribution in [0.1, 0.15) is 5.56 Å². The van der Waals surface area contributed by atoms with E-state index in [4.69, 9.17) is 4.42 Å². The van der Waals surface area contributed by atoms with Crippen molar-refractivity contribution in [3.63, 3.8) is 0 Å². The lowest BCUT2D eigenvalue weighted by atomic mass is 10.1. The molecule has 0 saturated carbocycles. The van der Waals surface area contributed by atoms with Crippen molar-refractivity contribution in [3.8, 4) is 11.5 Å². The third kappa shape index (κ3) is 2.04. The predicted octanol–water partition coefficient (Wildman–Crippen LogP) is 3.57. The number of hydrogen-bond donors (Lipinski definition) is 0.